The maximum Gasteiger partial charge on any atom is 0.236 e. The lowest BCUT2D eigenvalue weighted by atomic mass is 9.86. The van der Waals surface area contributed by atoms with E-state index in [-0.39, 0.29) is 16.7 Å². The molecule has 1 heterocycles. The van der Waals surface area contributed by atoms with Crippen LogP contribution < -0.4 is 0 Å². The summed E-state index contributed by atoms with van der Waals surface area (Å²) in [5.74, 6) is 0.131. The molecule has 0 N–H and O–H groups in total. The molecule has 0 aliphatic rings. The molecule has 1 aromatic carbocycles. The van der Waals surface area contributed by atoms with Crippen LogP contribution in [0.4, 0.5) is 0 Å². The first-order valence-corrected chi connectivity index (χ1v) is 6.77. The number of nitrogens with zero attached hydrogens (tertiary/aromatic N) is 1. The molecular weight excluding hydrogens is 234 g/mol. The molecule has 1 aromatic heterocycles. The maximum absolute atomic E-state index is 12.4. The second-order valence-corrected chi connectivity index (χ2v) is 7.26. The van der Waals surface area contributed by atoms with Crippen LogP contribution in [0.5, 0.6) is 0 Å². The van der Waals surface area contributed by atoms with Crippen LogP contribution in [0.25, 0.3) is 10.9 Å². The van der Waals surface area contributed by atoms with Crippen LogP contribution in [0.1, 0.15) is 51.9 Å². The van der Waals surface area contributed by atoms with Gasteiger partial charge >= 0.3 is 0 Å². The summed E-state index contributed by atoms with van der Waals surface area (Å²) in [6, 6.07) is 8.38. The molecule has 2 aromatic rings. The SMILES string of the molecule is CC(C)(C)C(=O)n1ccc2cc(C(C)(C)C)ccc21. The highest BCUT2D eigenvalue weighted by Crippen LogP contribution is 2.28. The number of aromatic nitrogens is 1. The second-order valence-electron chi connectivity index (χ2n) is 7.26. The zero-order chi connectivity index (χ0) is 14.4. The Hall–Kier alpha value is -1.57. The maximum atomic E-state index is 12.4. The van der Waals surface area contributed by atoms with Crippen molar-refractivity contribution in [2.45, 2.75) is 47.0 Å². The molecule has 0 aliphatic heterocycles. The molecule has 0 amide bonds. The molecule has 0 unspecified atom stereocenters. The van der Waals surface area contributed by atoms with Crippen LogP contribution in [0, 0.1) is 5.41 Å². The number of hydrogen-bond donors (Lipinski definition) is 0. The van der Waals surface area contributed by atoms with Gasteiger partial charge in [-0.2, -0.15) is 0 Å². The lowest BCUT2D eigenvalue weighted by Gasteiger charge is -2.20. The normalized spacial score (nSPS) is 12.9. The van der Waals surface area contributed by atoms with E-state index in [1.54, 1.807) is 4.57 Å². The summed E-state index contributed by atoms with van der Waals surface area (Å²) in [6.07, 6.45) is 1.88. The molecule has 2 heteroatoms. The molecule has 2 rings (SSSR count). The average molecular weight is 257 g/mol. The van der Waals surface area contributed by atoms with E-state index >= 15 is 0 Å². The van der Waals surface area contributed by atoms with Crippen molar-refractivity contribution < 1.29 is 4.79 Å². The van der Waals surface area contributed by atoms with Gasteiger partial charge in [0.15, 0.2) is 0 Å². The third kappa shape index (κ3) is 2.58. The summed E-state index contributed by atoms with van der Waals surface area (Å²) in [6.45, 7) is 12.4. The molecule has 19 heavy (non-hydrogen) atoms. The number of carbonyl (C=O) groups is 1. The molecule has 0 radical (unpaired) electrons. The van der Waals surface area contributed by atoms with E-state index in [1.165, 1.54) is 5.56 Å². The fourth-order valence-corrected chi connectivity index (χ4v) is 2.15. The first kappa shape index (κ1) is 13.9. The van der Waals surface area contributed by atoms with Gasteiger partial charge in [0, 0.05) is 17.0 Å². The lowest BCUT2D eigenvalue weighted by molar-refractivity contribution is 0.0772. The number of hydrogen-bond acceptors (Lipinski definition) is 1. The average Bonchev–Trinajstić information content (AvgIpc) is 2.67. The van der Waals surface area contributed by atoms with E-state index in [0.29, 0.717) is 0 Å². The molecule has 102 valence electrons. The Morgan fingerprint density at radius 3 is 2.16 bits per heavy atom. The standard InChI is InChI=1S/C17H23NO/c1-16(2,3)13-7-8-14-12(11-13)9-10-18(14)15(19)17(4,5)6/h7-11H,1-6H3. The molecular formula is C17H23NO. The van der Waals surface area contributed by atoms with Crippen molar-refractivity contribution in [3.05, 3.63) is 36.0 Å². The van der Waals surface area contributed by atoms with E-state index < -0.39 is 0 Å². The fraction of sp³-hybridized carbons (Fsp3) is 0.471. The highest BCUT2D eigenvalue weighted by Gasteiger charge is 2.24. The first-order valence-electron chi connectivity index (χ1n) is 6.77. The Bertz CT molecular complexity index is 621. The molecule has 2 nitrogen and oxygen atoms in total. The van der Waals surface area contributed by atoms with Crippen molar-refractivity contribution in [3.8, 4) is 0 Å². The Morgan fingerprint density at radius 1 is 1.00 bits per heavy atom. The Labute approximate surface area is 115 Å². The van der Waals surface area contributed by atoms with Crippen LogP contribution in [-0.4, -0.2) is 10.5 Å². The van der Waals surface area contributed by atoms with Crippen LogP contribution >= 0.6 is 0 Å². The molecule has 0 bridgehead atoms. The molecule has 0 aliphatic carbocycles. The van der Waals surface area contributed by atoms with Gasteiger partial charge < -0.3 is 0 Å². The van der Waals surface area contributed by atoms with Crippen molar-refractivity contribution in [2.75, 3.05) is 0 Å². The smallest absolute Gasteiger partial charge is 0.236 e. The van der Waals surface area contributed by atoms with Gasteiger partial charge in [0.1, 0.15) is 0 Å². The summed E-state index contributed by atoms with van der Waals surface area (Å²) in [5, 5.41) is 1.13. The van der Waals surface area contributed by atoms with Crippen molar-refractivity contribution in [2.24, 2.45) is 5.41 Å². The Balaban J connectivity index is 2.55. The third-order valence-electron chi connectivity index (χ3n) is 3.42. The molecule has 0 spiro atoms. The van der Waals surface area contributed by atoms with E-state index in [2.05, 4.69) is 39.0 Å². The Morgan fingerprint density at radius 2 is 1.63 bits per heavy atom. The van der Waals surface area contributed by atoms with Crippen molar-refractivity contribution in [1.82, 2.24) is 4.57 Å². The van der Waals surface area contributed by atoms with Crippen LogP contribution in [0.2, 0.25) is 0 Å². The largest absolute Gasteiger partial charge is 0.287 e. The fourth-order valence-electron chi connectivity index (χ4n) is 2.15. The van der Waals surface area contributed by atoms with Crippen LogP contribution in [-0.2, 0) is 5.41 Å². The second kappa shape index (κ2) is 4.22. The van der Waals surface area contributed by atoms with Gasteiger partial charge in [0.2, 0.25) is 5.91 Å². The van der Waals surface area contributed by atoms with Gasteiger partial charge in [-0.15, -0.1) is 0 Å². The molecule has 0 saturated heterocycles. The van der Waals surface area contributed by atoms with Gasteiger partial charge in [-0.1, -0.05) is 47.6 Å². The first-order chi connectivity index (χ1) is 8.60. The number of benzene rings is 1. The molecule has 0 fully saturated rings. The van der Waals surface area contributed by atoms with Crippen molar-refractivity contribution in [3.63, 3.8) is 0 Å². The summed E-state index contributed by atoms with van der Waals surface area (Å²) in [4.78, 5) is 12.4. The summed E-state index contributed by atoms with van der Waals surface area (Å²) >= 11 is 0. The predicted octanol–water partition coefficient (Wildman–Crippen LogP) is 4.63. The minimum absolute atomic E-state index is 0.129. The van der Waals surface area contributed by atoms with Gasteiger partial charge in [-0.25, -0.2) is 0 Å². The van der Waals surface area contributed by atoms with E-state index in [4.69, 9.17) is 0 Å². The lowest BCUT2D eigenvalue weighted by Crippen LogP contribution is -2.26. The van der Waals surface area contributed by atoms with Crippen LogP contribution in [0.15, 0.2) is 30.5 Å². The predicted molar refractivity (Wildman–Crippen MR) is 80.7 cm³/mol. The minimum atomic E-state index is -0.366. The molecule has 0 saturated carbocycles. The zero-order valence-electron chi connectivity index (χ0n) is 12.7. The van der Waals surface area contributed by atoms with Crippen molar-refractivity contribution in [1.29, 1.82) is 0 Å². The highest BCUT2D eigenvalue weighted by molar-refractivity contribution is 5.95. The molecule has 0 atom stereocenters. The Kier molecular flexibility index (Phi) is 3.08. The number of rotatable bonds is 0. The highest BCUT2D eigenvalue weighted by atomic mass is 16.2. The topological polar surface area (TPSA) is 22.0 Å². The van der Waals surface area contributed by atoms with Gasteiger partial charge in [-0.05, 0) is 29.2 Å². The number of carbonyl (C=O) groups excluding carboxylic acids is 1. The number of fused-ring (bicyclic) bond motifs is 1. The van der Waals surface area contributed by atoms with Crippen molar-refractivity contribution >= 4 is 16.8 Å². The van der Waals surface area contributed by atoms with Gasteiger partial charge in [0.25, 0.3) is 0 Å². The minimum Gasteiger partial charge on any atom is -0.287 e. The summed E-state index contributed by atoms with van der Waals surface area (Å²) in [7, 11) is 0. The van der Waals surface area contributed by atoms with E-state index in [9.17, 15) is 4.79 Å². The van der Waals surface area contributed by atoms with Gasteiger partial charge in [-0.3, -0.25) is 9.36 Å². The van der Waals surface area contributed by atoms with Gasteiger partial charge in [0.05, 0.1) is 5.52 Å². The summed E-state index contributed by atoms with van der Waals surface area (Å²) in [5.41, 5.74) is 2.05. The van der Waals surface area contributed by atoms with E-state index in [0.717, 1.165) is 10.9 Å². The van der Waals surface area contributed by atoms with Crippen LogP contribution in [0.3, 0.4) is 0 Å². The van der Waals surface area contributed by atoms with E-state index in [1.807, 2.05) is 33.0 Å². The third-order valence-corrected chi connectivity index (χ3v) is 3.42. The monoisotopic (exact) mass is 257 g/mol. The quantitative estimate of drug-likeness (QED) is 0.674. The summed E-state index contributed by atoms with van der Waals surface area (Å²) < 4.78 is 1.77. The zero-order valence-corrected chi connectivity index (χ0v) is 12.7.